The van der Waals surface area contributed by atoms with Crippen LogP contribution in [0.1, 0.15) is 39.5 Å². The molecule has 0 aliphatic carbocycles. The van der Waals surface area contributed by atoms with E-state index in [0.29, 0.717) is 52.4 Å². The first-order valence-corrected chi connectivity index (χ1v) is 16.9. The summed E-state index contributed by atoms with van der Waals surface area (Å²) in [6.45, 7) is 8.02. The molecule has 2 aliphatic heterocycles. The summed E-state index contributed by atoms with van der Waals surface area (Å²) in [7, 11) is -3.53. The lowest BCUT2D eigenvalue weighted by Gasteiger charge is -2.36. The molecule has 1 amide bonds. The molecule has 0 unspecified atom stereocenters. The number of benzene rings is 2. The van der Waals surface area contributed by atoms with E-state index in [2.05, 4.69) is 40.7 Å². The number of fused-ring (bicyclic) bond motifs is 1. The van der Waals surface area contributed by atoms with Gasteiger partial charge in [0, 0.05) is 36.7 Å². The van der Waals surface area contributed by atoms with E-state index in [1.807, 2.05) is 30.3 Å². The van der Waals surface area contributed by atoms with Crippen LogP contribution in [0.3, 0.4) is 0 Å². The van der Waals surface area contributed by atoms with Crippen molar-refractivity contribution in [1.82, 2.24) is 24.8 Å². The first-order valence-electron chi connectivity index (χ1n) is 15.3. The summed E-state index contributed by atoms with van der Waals surface area (Å²) in [5.41, 5.74) is 3.13. The Kier molecular flexibility index (Phi) is 8.83. The number of amides is 1. The summed E-state index contributed by atoms with van der Waals surface area (Å²) in [4.78, 5) is 30.4. The number of hydrogen-bond acceptors (Lipinski definition) is 9. The Balaban J connectivity index is 1.13. The molecule has 2 aromatic heterocycles. The van der Waals surface area contributed by atoms with E-state index in [9.17, 15) is 13.2 Å². The Hall–Kier alpha value is -4.00. The molecule has 232 valence electrons. The maximum atomic E-state index is 13.0. The summed E-state index contributed by atoms with van der Waals surface area (Å²) >= 11 is 0. The number of aromatic amines is 1. The monoisotopic (exact) mass is 616 g/mol. The molecule has 44 heavy (non-hydrogen) atoms. The molecular weight excluding hydrogens is 576 g/mol. The van der Waals surface area contributed by atoms with Crippen molar-refractivity contribution in [1.29, 1.82) is 0 Å². The van der Waals surface area contributed by atoms with Gasteiger partial charge in [-0.15, -0.1) is 0 Å². The number of rotatable bonds is 10. The number of H-pyrrole nitrogens is 1. The van der Waals surface area contributed by atoms with E-state index < -0.39 is 15.1 Å². The predicted octanol–water partition coefficient (Wildman–Crippen LogP) is 5.13. The van der Waals surface area contributed by atoms with E-state index in [1.165, 1.54) is 25.9 Å². The lowest BCUT2D eigenvalue weighted by atomic mass is 10.0. The van der Waals surface area contributed by atoms with Crippen molar-refractivity contribution in [2.24, 2.45) is 0 Å². The van der Waals surface area contributed by atoms with Crippen LogP contribution in [0.5, 0.6) is 0 Å². The first kappa shape index (κ1) is 30.0. The zero-order valence-corrected chi connectivity index (χ0v) is 26.0. The largest absolute Gasteiger partial charge is 0.357 e. The second kappa shape index (κ2) is 12.9. The third-order valence-corrected chi connectivity index (χ3v) is 10.7. The number of carbonyl (C=O) groups is 1. The van der Waals surface area contributed by atoms with Gasteiger partial charge in [-0.2, -0.15) is 4.98 Å². The number of nitrogens with one attached hydrogen (secondary N) is 4. The highest BCUT2D eigenvalue weighted by molar-refractivity contribution is 7.92. The summed E-state index contributed by atoms with van der Waals surface area (Å²) in [6.07, 6.45) is 6.61. The fourth-order valence-electron chi connectivity index (χ4n) is 6.05. The van der Waals surface area contributed by atoms with Crippen LogP contribution in [-0.2, 0) is 14.6 Å². The maximum Gasteiger partial charge on any atom is 0.238 e. The number of carbonyl (C=O) groups excluding carboxylic acids is 1. The van der Waals surface area contributed by atoms with Crippen LogP contribution in [0.25, 0.3) is 11.0 Å². The topological polar surface area (TPSA) is 135 Å². The van der Waals surface area contributed by atoms with Crippen LogP contribution < -0.4 is 16.0 Å². The summed E-state index contributed by atoms with van der Waals surface area (Å²) < 4.78 is 26.0. The number of sulfone groups is 1. The number of likely N-dealkylation sites (tertiary alicyclic amines) is 2. The van der Waals surface area contributed by atoms with Crippen LogP contribution in [0, 0.1) is 0 Å². The molecule has 2 aliphatic rings. The molecule has 4 N–H and O–H groups in total. The second-order valence-corrected chi connectivity index (χ2v) is 14.3. The molecule has 2 saturated heterocycles. The minimum atomic E-state index is -3.53. The average molecular weight is 617 g/mol. The SMILES string of the molecule is CC(C)S(=O)(=O)c1ccccc1Nc1nc(Nc2cccc(NC(=O)CN3CCC(N4CCCC4)CC3)c2)nc2cc[nH]c12. The Bertz CT molecular complexity index is 1720. The third-order valence-electron chi connectivity index (χ3n) is 8.46. The predicted molar refractivity (Wildman–Crippen MR) is 175 cm³/mol. The van der Waals surface area contributed by atoms with E-state index in [4.69, 9.17) is 0 Å². The molecule has 11 nitrogen and oxygen atoms in total. The van der Waals surface area contributed by atoms with Gasteiger partial charge in [-0.1, -0.05) is 18.2 Å². The first-order chi connectivity index (χ1) is 21.3. The minimum Gasteiger partial charge on any atom is -0.357 e. The van der Waals surface area contributed by atoms with E-state index in [-0.39, 0.29) is 10.8 Å². The highest BCUT2D eigenvalue weighted by Crippen LogP contribution is 2.31. The van der Waals surface area contributed by atoms with Crippen molar-refractivity contribution in [3.8, 4) is 0 Å². The number of anilines is 5. The fraction of sp³-hybridized carbons (Fsp3) is 0.406. The van der Waals surface area contributed by atoms with Gasteiger partial charge >= 0.3 is 0 Å². The maximum absolute atomic E-state index is 13.0. The Morgan fingerprint density at radius 2 is 1.70 bits per heavy atom. The van der Waals surface area contributed by atoms with Crippen LogP contribution in [0.15, 0.2) is 65.7 Å². The fourth-order valence-corrected chi connectivity index (χ4v) is 7.25. The minimum absolute atomic E-state index is 0.0340. The molecule has 0 radical (unpaired) electrons. The summed E-state index contributed by atoms with van der Waals surface area (Å²) in [5.74, 6) is 0.730. The zero-order valence-electron chi connectivity index (χ0n) is 25.2. The van der Waals surface area contributed by atoms with Crippen molar-refractivity contribution < 1.29 is 13.2 Å². The van der Waals surface area contributed by atoms with Crippen molar-refractivity contribution in [2.45, 2.75) is 55.7 Å². The van der Waals surface area contributed by atoms with Gasteiger partial charge in [-0.25, -0.2) is 13.4 Å². The molecule has 2 fully saturated rings. The van der Waals surface area contributed by atoms with Crippen LogP contribution >= 0.6 is 0 Å². The Morgan fingerprint density at radius 1 is 0.955 bits per heavy atom. The van der Waals surface area contributed by atoms with Gasteiger partial charge in [-0.3, -0.25) is 9.69 Å². The van der Waals surface area contributed by atoms with Crippen LogP contribution in [0.2, 0.25) is 0 Å². The van der Waals surface area contributed by atoms with Crippen molar-refractivity contribution in [3.63, 3.8) is 0 Å². The average Bonchev–Trinajstić information content (AvgIpc) is 3.71. The van der Waals surface area contributed by atoms with E-state index >= 15 is 0 Å². The standard InChI is InChI=1S/C32H40N8O3S/c1-22(2)44(42,43)28-11-4-3-10-26(28)36-31-30-27(12-15-33-30)37-32(38-31)35-24-9-7-8-23(20-24)34-29(41)21-39-18-13-25(14-19-39)40-16-5-6-17-40/h3-4,7-12,15,20,22,25,33H,5-6,13-14,16-19,21H2,1-2H3,(H,34,41)(H2,35,36,37,38). The molecule has 0 saturated carbocycles. The summed E-state index contributed by atoms with van der Waals surface area (Å²) in [5, 5.41) is 8.92. The highest BCUT2D eigenvalue weighted by Gasteiger charge is 2.27. The number of hydrogen-bond donors (Lipinski definition) is 4. The number of piperidine rings is 1. The van der Waals surface area contributed by atoms with Gasteiger partial charge in [0.15, 0.2) is 15.7 Å². The van der Waals surface area contributed by atoms with E-state index in [1.54, 1.807) is 44.3 Å². The summed E-state index contributed by atoms with van der Waals surface area (Å²) in [6, 6.07) is 16.7. The molecule has 0 bridgehead atoms. The molecule has 0 atom stereocenters. The Morgan fingerprint density at radius 3 is 2.48 bits per heavy atom. The molecule has 0 spiro atoms. The highest BCUT2D eigenvalue weighted by atomic mass is 32.2. The normalized spacial score (nSPS) is 16.9. The van der Waals surface area contributed by atoms with Crippen molar-refractivity contribution in [3.05, 3.63) is 60.8 Å². The molecule has 4 aromatic rings. The number of nitrogens with zero attached hydrogens (tertiary/aromatic N) is 4. The quantitative estimate of drug-likeness (QED) is 0.191. The molecule has 12 heteroatoms. The number of para-hydroxylation sites is 1. The van der Waals surface area contributed by atoms with Crippen molar-refractivity contribution in [2.75, 3.05) is 48.7 Å². The Labute approximate surface area is 258 Å². The van der Waals surface area contributed by atoms with Gasteiger partial charge in [0.25, 0.3) is 0 Å². The molecule has 4 heterocycles. The molecule has 2 aromatic carbocycles. The van der Waals surface area contributed by atoms with Gasteiger partial charge in [0.05, 0.1) is 27.9 Å². The van der Waals surface area contributed by atoms with Crippen LogP contribution in [0.4, 0.5) is 28.8 Å². The smallest absolute Gasteiger partial charge is 0.238 e. The van der Waals surface area contributed by atoms with Gasteiger partial charge in [0.2, 0.25) is 11.9 Å². The van der Waals surface area contributed by atoms with Crippen LogP contribution in [-0.4, -0.2) is 83.1 Å². The lowest BCUT2D eigenvalue weighted by Crippen LogP contribution is -2.45. The van der Waals surface area contributed by atoms with Gasteiger partial charge in [-0.05, 0) is 89.0 Å². The molecule has 6 rings (SSSR count). The zero-order chi connectivity index (χ0) is 30.7. The van der Waals surface area contributed by atoms with Gasteiger partial charge < -0.3 is 25.8 Å². The van der Waals surface area contributed by atoms with Crippen molar-refractivity contribution >= 4 is 55.6 Å². The van der Waals surface area contributed by atoms with E-state index in [0.717, 1.165) is 25.9 Å². The van der Waals surface area contributed by atoms with Gasteiger partial charge in [0.1, 0.15) is 5.52 Å². The molecular formula is C32H40N8O3S. The second-order valence-electron chi connectivity index (χ2n) is 11.9. The number of aromatic nitrogens is 3. The lowest BCUT2D eigenvalue weighted by molar-refractivity contribution is -0.117. The third kappa shape index (κ3) is 6.72.